The SMILES string of the molecule is CCCCCCO[P+](=O)CCC(=O)O. The van der Waals surface area contributed by atoms with E-state index in [1.54, 1.807) is 0 Å². The largest absolute Gasteiger partial charge is 0.508 e. The van der Waals surface area contributed by atoms with E-state index in [1.165, 1.54) is 0 Å². The van der Waals surface area contributed by atoms with Crippen molar-refractivity contribution in [3.05, 3.63) is 0 Å². The zero-order valence-corrected chi connectivity index (χ0v) is 9.46. The van der Waals surface area contributed by atoms with E-state index in [1.807, 2.05) is 0 Å². The van der Waals surface area contributed by atoms with Gasteiger partial charge >= 0.3 is 14.0 Å². The van der Waals surface area contributed by atoms with Crippen LogP contribution in [0.25, 0.3) is 0 Å². The Labute approximate surface area is 85.5 Å². The molecule has 0 fully saturated rings. The number of carboxylic acid groups (broad SMARTS) is 1. The maximum Gasteiger partial charge on any atom is 0.508 e. The zero-order chi connectivity index (χ0) is 10.8. The summed E-state index contributed by atoms with van der Waals surface area (Å²) in [5.74, 6) is -0.928. The van der Waals surface area contributed by atoms with Gasteiger partial charge in [-0.25, -0.2) is 0 Å². The van der Waals surface area contributed by atoms with Crippen molar-refractivity contribution < 1.29 is 19.0 Å². The first-order valence-corrected chi connectivity index (χ1v) is 6.32. The Morgan fingerprint density at radius 2 is 2.07 bits per heavy atom. The number of aliphatic carboxylic acids is 1. The van der Waals surface area contributed by atoms with Crippen molar-refractivity contribution in [3.8, 4) is 0 Å². The molecule has 0 aromatic carbocycles. The molecule has 0 aliphatic heterocycles. The molecular formula is C9H18O4P+. The van der Waals surface area contributed by atoms with Crippen LogP contribution in [-0.2, 0) is 13.9 Å². The van der Waals surface area contributed by atoms with E-state index in [0.717, 1.165) is 25.7 Å². The average Bonchev–Trinajstić information content (AvgIpc) is 2.14. The molecule has 4 nitrogen and oxygen atoms in total. The van der Waals surface area contributed by atoms with Crippen LogP contribution < -0.4 is 0 Å². The van der Waals surface area contributed by atoms with Crippen molar-refractivity contribution in [3.63, 3.8) is 0 Å². The predicted octanol–water partition coefficient (Wildman–Crippen LogP) is 2.80. The van der Waals surface area contributed by atoms with Gasteiger partial charge in [0.1, 0.15) is 6.61 Å². The van der Waals surface area contributed by atoms with E-state index in [0.29, 0.717) is 6.61 Å². The summed E-state index contributed by atoms with van der Waals surface area (Å²) in [6.45, 7) is 2.60. The molecule has 0 rings (SSSR count). The number of carbonyl (C=O) groups is 1. The van der Waals surface area contributed by atoms with Crippen molar-refractivity contribution >= 4 is 14.0 Å². The van der Waals surface area contributed by atoms with Crippen molar-refractivity contribution in [1.82, 2.24) is 0 Å². The number of unbranched alkanes of at least 4 members (excludes halogenated alkanes) is 3. The normalized spacial score (nSPS) is 11.4. The van der Waals surface area contributed by atoms with Crippen molar-refractivity contribution in [2.75, 3.05) is 12.8 Å². The monoisotopic (exact) mass is 221 g/mol. The van der Waals surface area contributed by atoms with Gasteiger partial charge in [-0.1, -0.05) is 26.2 Å². The molecule has 1 unspecified atom stereocenters. The highest BCUT2D eigenvalue weighted by Gasteiger charge is 2.18. The van der Waals surface area contributed by atoms with Crippen LogP contribution in [0.4, 0.5) is 0 Å². The Kier molecular flexibility index (Phi) is 8.79. The van der Waals surface area contributed by atoms with Crippen molar-refractivity contribution in [2.24, 2.45) is 0 Å². The van der Waals surface area contributed by atoms with Crippen LogP contribution in [0, 0.1) is 0 Å². The van der Waals surface area contributed by atoms with Crippen LogP contribution in [-0.4, -0.2) is 23.8 Å². The maximum absolute atomic E-state index is 11.0. The average molecular weight is 221 g/mol. The fourth-order valence-corrected chi connectivity index (χ4v) is 1.78. The van der Waals surface area contributed by atoms with Crippen LogP contribution >= 0.6 is 8.03 Å². The highest BCUT2D eigenvalue weighted by atomic mass is 31.1. The number of hydrogen-bond donors (Lipinski definition) is 1. The molecule has 5 heteroatoms. The summed E-state index contributed by atoms with van der Waals surface area (Å²) in [7, 11) is -1.76. The van der Waals surface area contributed by atoms with E-state index in [2.05, 4.69) is 6.92 Å². The van der Waals surface area contributed by atoms with E-state index in [-0.39, 0.29) is 12.6 Å². The molecule has 14 heavy (non-hydrogen) atoms. The lowest BCUT2D eigenvalue weighted by Crippen LogP contribution is -1.97. The minimum absolute atomic E-state index is 0.0792. The van der Waals surface area contributed by atoms with Crippen LogP contribution in [0.15, 0.2) is 0 Å². The summed E-state index contributed by atoms with van der Waals surface area (Å²) in [5, 5.41) is 8.32. The summed E-state index contributed by atoms with van der Waals surface area (Å²) in [5.41, 5.74) is 0. The maximum atomic E-state index is 11.0. The molecule has 0 bridgehead atoms. The third-order valence-corrected chi connectivity index (χ3v) is 2.80. The molecule has 0 aromatic rings. The molecule has 0 amide bonds. The lowest BCUT2D eigenvalue weighted by atomic mass is 10.2. The second-order valence-corrected chi connectivity index (χ2v) is 4.46. The van der Waals surface area contributed by atoms with Crippen LogP contribution in [0.2, 0.25) is 0 Å². The summed E-state index contributed by atoms with van der Waals surface area (Å²) >= 11 is 0. The quantitative estimate of drug-likeness (QED) is 0.480. The van der Waals surface area contributed by atoms with Gasteiger partial charge in [0.05, 0.1) is 6.42 Å². The van der Waals surface area contributed by atoms with Gasteiger partial charge in [0.2, 0.25) is 0 Å². The second-order valence-electron chi connectivity index (χ2n) is 3.09. The second kappa shape index (κ2) is 9.10. The van der Waals surface area contributed by atoms with Crippen LogP contribution in [0.1, 0.15) is 39.0 Å². The van der Waals surface area contributed by atoms with Crippen LogP contribution in [0.3, 0.4) is 0 Å². The first-order valence-electron chi connectivity index (χ1n) is 4.96. The summed E-state index contributed by atoms with van der Waals surface area (Å²) in [6.07, 6.45) is 4.35. The number of rotatable bonds is 9. The van der Waals surface area contributed by atoms with Gasteiger partial charge in [0, 0.05) is 0 Å². The smallest absolute Gasteiger partial charge is 0.481 e. The molecule has 0 saturated carbocycles. The fourth-order valence-electron chi connectivity index (χ4n) is 0.947. The Hall–Kier alpha value is -0.470. The first kappa shape index (κ1) is 13.5. The van der Waals surface area contributed by atoms with E-state index >= 15 is 0 Å². The van der Waals surface area contributed by atoms with Gasteiger partial charge < -0.3 is 5.11 Å². The molecule has 1 N–H and O–H groups in total. The standard InChI is InChI=1S/C9H17O4P/c1-2-3-4-5-7-13-14(12)8-6-9(10)11/h2-8H2,1H3/p+1. The first-order chi connectivity index (χ1) is 6.66. The molecule has 0 radical (unpaired) electrons. The summed E-state index contributed by atoms with van der Waals surface area (Å²) in [4.78, 5) is 10.1. The predicted molar refractivity (Wildman–Crippen MR) is 54.8 cm³/mol. The number of hydrogen-bond acceptors (Lipinski definition) is 3. The topological polar surface area (TPSA) is 63.6 Å². The van der Waals surface area contributed by atoms with Gasteiger partial charge in [0.15, 0.2) is 6.16 Å². The van der Waals surface area contributed by atoms with Gasteiger partial charge in [-0.05, 0) is 11.0 Å². The molecule has 82 valence electrons. The zero-order valence-electron chi connectivity index (χ0n) is 8.57. The van der Waals surface area contributed by atoms with Crippen molar-refractivity contribution in [2.45, 2.75) is 39.0 Å². The summed E-state index contributed by atoms with van der Waals surface area (Å²) in [6, 6.07) is 0. The Morgan fingerprint density at radius 1 is 1.36 bits per heavy atom. The summed E-state index contributed by atoms with van der Waals surface area (Å²) < 4.78 is 16.0. The van der Waals surface area contributed by atoms with E-state index in [4.69, 9.17) is 9.63 Å². The minimum Gasteiger partial charge on any atom is -0.481 e. The molecular weight excluding hydrogens is 203 g/mol. The van der Waals surface area contributed by atoms with Crippen LogP contribution in [0.5, 0.6) is 0 Å². The van der Waals surface area contributed by atoms with Crippen molar-refractivity contribution in [1.29, 1.82) is 0 Å². The molecule has 1 atom stereocenters. The molecule has 0 saturated heterocycles. The van der Waals surface area contributed by atoms with Gasteiger partial charge in [-0.15, -0.1) is 4.52 Å². The lowest BCUT2D eigenvalue weighted by molar-refractivity contribution is -0.136. The minimum atomic E-state index is -1.76. The molecule has 0 spiro atoms. The highest BCUT2D eigenvalue weighted by Crippen LogP contribution is 2.23. The van der Waals surface area contributed by atoms with E-state index < -0.39 is 14.0 Å². The molecule has 0 aromatic heterocycles. The third-order valence-electron chi connectivity index (χ3n) is 1.74. The van der Waals surface area contributed by atoms with Gasteiger partial charge in [-0.3, -0.25) is 4.79 Å². The molecule has 0 aliphatic carbocycles. The lowest BCUT2D eigenvalue weighted by Gasteiger charge is -1.93. The Balaban J connectivity index is 3.22. The number of carboxylic acids is 1. The highest BCUT2D eigenvalue weighted by molar-refractivity contribution is 7.39. The molecule has 0 aliphatic rings. The van der Waals surface area contributed by atoms with E-state index in [9.17, 15) is 9.36 Å². The van der Waals surface area contributed by atoms with Gasteiger partial charge in [0.25, 0.3) is 0 Å². The Bertz CT molecular complexity index is 182. The Morgan fingerprint density at radius 3 is 2.64 bits per heavy atom. The third kappa shape index (κ3) is 9.62. The molecule has 0 heterocycles. The van der Waals surface area contributed by atoms with Gasteiger partial charge in [-0.2, -0.15) is 0 Å². The fraction of sp³-hybridized carbons (Fsp3) is 0.889.